The second-order valence-electron chi connectivity index (χ2n) is 4.44. The van der Waals surface area contributed by atoms with Crippen molar-refractivity contribution in [2.75, 3.05) is 25.5 Å². The maximum Gasteiger partial charge on any atom is 0.0543 e. The zero-order valence-electron chi connectivity index (χ0n) is 7.95. The molecule has 2 fully saturated rings. The van der Waals surface area contributed by atoms with E-state index in [1.54, 1.807) is 0 Å². The highest BCUT2D eigenvalue weighted by atomic mass is 35.5. The number of aliphatic hydroxyl groups is 1. The molecule has 1 heterocycles. The zero-order valence-corrected chi connectivity index (χ0v) is 8.71. The molecular formula is C10H18ClNO. The van der Waals surface area contributed by atoms with Crippen molar-refractivity contribution in [3.8, 4) is 0 Å². The van der Waals surface area contributed by atoms with Gasteiger partial charge in [0.05, 0.1) is 6.10 Å². The molecule has 3 atom stereocenters. The van der Waals surface area contributed by atoms with E-state index in [1.165, 1.54) is 13.0 Å². The Morgan fingerprint density at radius 3 is 2.77 bits per heavy atom. The van der Waals surface area contributed by atoms with Crippen LogP contribution in [-0.2, 0) is 0 Å². The number of halogens is 1. The predicted molar refractivity (Wildman–Crippen MR) is 54.0 cm³/mol. The first-order valence-electron chi connectivity index (χ1n) is 5.26. The van der Waals surface area contributed by atoms with Crippen molar-refractivity contribution in [1.82, 2.24) is 4.90 Å². The zero-order chi connectivity index (χ0) is 9.26. The molecule has 0 amide bonds. The van der Waals surface area contributed by atoms with Gasteiger partial charge in [0.15, 0.2) is 0 Å². The third-order valence-electron chi connectivity index (χ3n) is 3.50. The van der Waals surface area contributed by atoms with Gasteiger partial charge in [0.25, 0.3) is 0 Å². The number of aliphatic hydroxyl groups excluding tert-OH is 1. The highest BCUT2D eigenvalue weighted by Gasteiger charge is 2.36. The van der Waals surface area contributed by atoms with E-state index in [4.69, 9.17) is 11.6 Å². The third kappa shape index (κ3) is 2.17. The molecule has 0 aromatic heterocycles. The molecule has 0 aromatic carbocycles. The Bertz CT molecular complexity index is 176. The Kier molecular flexibility index (Phi) is 3.12. The molecule has 0 bridgehead atoms. The molecule has 1 N–H and O–H groups in total. The Morgan fingerprint density at radius 2 is 2.00 bits per heavy atom. The van der Waals surface area contributed by atoms with E-state index in [0.717, 1.165) is 43.6 Å². The van der Waals surface area contributed by atoms with Crippen LogP contribution in [0.15, 0.2) is 0 Å². The number of hydrogen-bond acceptors (Lipinski definition) is 2. The quantitative estimate of drug-likeness (QED) is 0.685. The number of hydrogen-bond donors (Lipinski definition) is 1. The largest absolute Gasteiger partial charge is 0.393 e. The second-order valence-corrected chi connectivity index (χ2v) is 4.81. The average Bonchev–Trinajstić information content (AvgIpc) is 2.46. The van der Waals surface area contributed by atoms with Gasteiger partial charge in [-0.25, -0.2) is 0 Å². The SMILES string of the molecule is OC1CCC2CN(CCCl)CC2C1. The Labute approximate surface area is 84.9 Å². The second kappa shape index (κ2) is 4.16. The predicted octanol–water partition coefficient (Wildman–Crippen LogP) is 1.32. The molecule has 2 nitrogen and oxygen atoms in total. The summed E-state index contributed by atoms with van der Waals surface area (Å²) in [6, 6.07) is 0. The van der Waals surface area contributed by atoms with Crippen molar-refractivity contribution in [1.29, 1.82) is 0 Å². The molecular weight excluding hydrogens is 186 g/mol. The Hall–Kier alpha value is 0.210. The number of nitrogens with zero attached hydrogens (tertiary/aromatic N) is 1. The van der Waals surface area contributed by atoms with Gasteiger partial charge in [-0.2, -0.15) is 0 Å². The van der Waals surface area contributed by atoms with Crippen molar-refractivity contribution in [3.63, 3.8) is 0 Å². The maximum atomic E-state index is 9.53. The summed E-state index contributed by atoms with van der Waals surface area (Å²) in [7, 11) is 0. The molecule has 1 aliphatic heterocycles. The van der Waals surface area contributed by atoms with Crippen LogP contribution in [-0.4, -0.2) is 41.6 Å². The van der Waals surface area contributed by atoms with Gasteiger partial charge < -0.3 is 10.0 Å². The van der Waals surface area contributed by atoms with E-state index >= 15 is 0 Å². The number of alkyl halides is 1. The van der Waals surface area contributed by atoms with Crippen LogP contribution in [0.2, 0.25) is 0 Å². The summed E-state index contributed by atoms with van der Waals surface area (Å²) in [5.41, 5.74) is 0. The number of likely N-dealkylation sites (tertiary alicyclic amines) is 1. The van der Waals surface area contributed by atoms with Crippen molar-refractivity contribution in [3.05, 3.63) is 0 Å². The van der Waals surface area contributed by atoms with E-state index in [-0.39, 0.29) is 6.10 Å². The van der Waals surface area contributed by atoms with Gasteiger partial charge >= 0.3 is 0 Å². The van der Waals surface area contributed by atoms with Crippen LogP contribution in [0, 0.1) is 11.8 Å². The molecule has 3 unspecified atom stereocenters. The molecule has 0 aromatic rings. The van der Waals surface area contributed by atoms with Crippen LogP contribution in [0.25, 0.3) is 0 Å². The smallest absolute Gasteiger partial charge is 0.0543 e. The lowest BCUT2D eigenvalue weighted by molar-refractivity contribution is 0.0866. The van der Waals surface area contributed by atoms with E-state index in [0.29, 0.717) is 0 Å². The van der Waals surface area contributed by atoms with E-state index in [9.17, 15) is 5.11 Å². The van der Waals surface area contributed by atoms with Crippen LogP contribution < -0.4 is 0 Å². The van der Waals surface area contributed by atoms with Gasteiger partial charge in [0.1, 0.15) is 0 Å². The molecule has 1 aliphatic carbocycles. The molecule has 2 aliphatic rings. The first-order chi connectivity index (χ1) is 6.29. The van der Waals surface area contributed by atoms with Crippen LogP contribution >= 0.6 is 11.6 Å². The molecule has 13 heavy (non-hydrogen) atoms. The van der Waals surface area contributed by atoms with Gasteiger partial charge in [0.2, 0.25) is 0 Å². The average molecular weight is 204 g/mol. The summed E-state index contributed by atoms with van der Waals surface area (Å²) in [4.78, 5) is 2.44. The summed E-state index contributed by atoms with van der Waals surface area (Å²) in [6.45, 7) is 3.39. The fourth-order valence-electron chi connectivity index (χ4n) is 2.81. The normalized spacial score (nSPS) is 40.6. The fourth-order valence-corrected chi connectivity index (χ4v) is 3.04. The molecule has 2 rings (SSSR count). The molecule has 1 saturated heterocycles. The summed E-state index contributed by atoms with van der Waals surface area (Å²) >= 11 is 5.72. The molecule has 1 saturated carbocycles. The minimum Gasteiger partial charge on any atom is -0.393 e. The van der Waals surface area contributed by atoms with Gasteiger partial charge in [-0.15, -0.1) is 11.6 Å². The van der Waals surface area contributed by atoms with Gasteiger partial charge in [-0.3, -0.25) is 0 Å². The summed E-state index contributed by atoms with van der Waals surface area (Å²) in [5.74, 6) is 2.32. The summed E-state index contributed by atoms with van der Waals surface area (Å²) in [6.07, 6.45) is 3.21. The highest BCUT2D eigenvalue weighted by Crippen LogP contribution is 2.35. The third-order valence-corrected chi connectivity index (χ3v) is 3.67. The lowest BCUT2D eigenvalue weighted by Gasteiger charge is -2.27. The Morgan fingerprint density at radius 1 is 1.23 bits per heavy atom. The molecule has 0 spiro atoms. The van der Waals surface area contributed by atoms with Gasteiger partial charge in [0, 0.05) is 25.5 Å². The van der Waals surface area contributed by atoms with E-state index in [2.05, 4.69) is 4.90 Å². The van der Waals surface area contributed by atoms with Crippen molar-refractivity contribution in [2.24, 2.45) is 11.8 Å². The van der Waals surface area contributed by atoms with Gasteiger partial charge in [-0.05, 0) is 31.1 Å². The number of fused-ring (bicyclic) bond motifs is 1. The number of rotatable bonds is 2. The Balaban J connectivity index is 1.87. The summed E-state index contributed by atoms with van der Waals surface area (Å²) < 4.78 is 0. The first kappa shape index (κ1) is 9.75. The standard InChI is InChI=1S/C10H18ClNO/c11-3-4-12-6-8-1-2-10(13)5-9(8)7-12/h8-10,13H,1-7H2. The minimum absolute atomic E-state index is 0.0304. The highest BCUT2D eigenvalue weighted by molar-refractivity contribution is 6.18. The first-order valence-corrected chi connectivity index (χ1v) is 5.79. The monoisotopic (exact) mass is 203 g/mol. The van der Waals surface area contributed by atoms with E-state index < -0.39 is 0 Å². The minimum atomic E-state index is -0.0304. The van der Waals surface area contributed by atoms with Crippen molar-refractivity contribution in [2.45, 2.75) is 25.4 Å². The van der Waals surface area contributed by atoms with Crippen LogP contribution in [0.3, 0.4) is 0 Å². The van der Waals surface area contributed by atoms with Crippen molar-refractivity contribution < 1.29 is 5.11 Å². The fraction of sp³-hybridized carbons (Fsp3) is 1.00. The summed E-state index contributed by atoms with van der Waals surface area (Å²) in [5, 5.41) is 9.53. The van der Waals surface area contributed by atoms with Crippen LogP contribution in [0.4, 0.5) is 0 Å². The lowest BCUT2D eigenvalue weighted by atomic mass is 9.80. The van der Waals surface area contributed by atoms with E-state index in [1.807, 2.05) is 0 Å². The molecule has 0 radical (unpaired) electrons. The molecule has 76 valence electrons. The topological polar surface area (TPSA) is 23.5 Å². The van der Waals surface area contributed by atoms with Gasteiger partial charge in [-0.1, -0.05) is 0 Å². The maximum absolute atomic E-state index is 9.53. The molecule has 3 heteroatoms. The van der Waals surface area contributed by atoms with Crippen molar-refractivity contribution >= 4 is 11.6 Å². The lowest BCUT2D eigenvalue weighted by Crippen LogP contribution is -2.26. The van der Waals surface area contributed by atoms with Crippen LogP contribution in [0.5, 0.6) is 0 Å². The van der Waals surface area contributed by atoms with Crippen LogP contribution in [0.1, 0.15) is 19.3 Å².